The first kappa shape index (κ1) is 17.3. The van der Waals surface area contributed by atoms with Crippen LogP contribution in [0.1, 0.15) is 22.8 Å². The lowest BCUT2D eigenvalue weighted by Gasteiger charge is -2.32. The van der Waals surface area contributed by atoms with Crippen LogP contribution in [0.3, 0.4) is 0 Å². The summed E-state index contributed by atoms with van der Waals surface area (Å²) in [5, 5.41) is 2.75. The summed E-state index contributed by atoms with van der Waals surface area (Å²) in [4.78, 5) is 30.0. The number of pyridine rings is 1. The van der Waals surface area contributed by atoms with Crippen molar-refractivity contribution in [2.45, 2.75) is 19.6 Å². The number of Topliss-reactive ketones (excluding diaryl/α,β-unsaturated/α-hetero) is 1. The maximum Gasteiger partial charge on any atom is 0.255 e. The fourth-order valence-electron chi connectivity index (χ4n) is 2.73. The van der Waals surface area contributed by atoms with Crippen molar-refractivity contribution < 1.29 is 14.3 Å². The number of carbonyl (C=O) groups is 2. The first-order valence-corrected chi connectivity index (χ1v) is 8.27. The number of morpholine rings is 1. The van der Waals surface area contributed by atoms with Crippen LogP contribution in [0.5, 0.6) is 0 Å². The fraction of sp³-hybridized carbons (Fsp3) is 0.316. The van der Waals surface area contributed by atoms with Crippen LogP contribution in [-0.2, 0) is 16.1 Å². The van der Waals surface area contributed by atoms with Crippen molar-refractivity contribution in [1.82, 2.24) is 9.88 Å². The second-order valence-electron chi connectivity index (χ2n) is 6.06. The summed E-state index contributed by atoms with van der Waals surface area (Å²) in [5.74, 6) is 0.136. The van der Waals surface area contributed by atoms with E-state index in [0.717, 1.165) is 13.1 Å². The number of hydrogen-bond donors (Lipinski definition) is 1. The Bertz CT molecular complexity index is 731. The molecular weight excluding hydrogens is 318 g/mol. The van der Waals surface area contributed by atoms with Crippen molar-refractivity contribution in [3.63, 3.8) is 0 Å². The van der Waals surface area contributed by atoms with E-state index in [-0.39, 0.29) is 11.7 Å². The van der Waals surface area contributed by atoms with Gasteiger partial charge in [-0.1, -0.05) is 30.3 Å². The molecule has 3 rings (SSSR count). The van der Waals surface area contributed by atoms with E-state index < -0.39 is 6.10 Å². The average molecular weight is 339 g/mol. The molecule has 1 aliphatic rings. The third kappa shape index (κ3) is 4.71. The second-order valence-corrected chi connectivity index (χ2v) is 6.06. The molecule has 1 saturated heterocycles. The molecule has 0 radical (unpaired) electrons. The summed E-state index contributed by atoms with van der Waals surface area (Å²) >= 11 is 0. The summed E-state index contributed by atoms with van der Waals surface area (Å²) in [5.41, 5.74) is 1.73. The zero-order valence-corrected chi connectivity index (χ0v) is 14.1. The van der Waals surface area contributed by atoms with Gasteiger partial charge in [0.25, 0.3) is 5.91 Å². The highest BCUT2D eigenvalue weighted by Gasteiger charge is 2.27. The standard InChI is InChI=1S/C19H21N3O3/c1-14(23)16-7-8-18(20-11-16)21-19(24)17-13-22(9-10-25-17)12-15-5-3-2-4-6-15/h2-8,11,17H,9-10,12-13H2,1H3,(H,20,21,24). The lowest BCUT2D eigenvalue weighted by atomic mass is 10.2. The second kappa shape index (κ2) is 8.00. The van der Waals surface area contributed by atoms with Gasteiger partial charge in [0.05, 0.1) is 6.61 Å². The molecule has 0 bridgehead atoms. The van der Waals surface area contributed by atoms with E-state index in [4.69, 9.17) is 4.74 Å². The third-order valence-electron chi connectivity index (χ3n) is 4.11. The molecule has 6 nitrogen and oxygen atoms in total. The Morgan fingerprint density at radius 3 is 2.72 bits per heavy atom. The van der Waals surface area contributed by atoms with Gasteiger partial charge in [0.15, 0.2) is 5.78 Å². The molecule has 0 aliphatic carbocycles. The minimum Gasteiger partial charge on any atom is -0.366 e. The Balaban J connectivity index is 1.57. The summed E-state index contributed by atoms with van der Waals surface area (Å²) in [6.07, 6.45) is 0.924. The molecule has 1 aromatic carbocycles. The molecule has 25 heavy (non-hydrogen) atoms. The van der Waals surface area contributed by atoms with E-state index in [1.54, 1.807) is 12.1 Å². The van der Waals surface area contributed by atoms with E-state index in [1.807, 2.05) is 18.2 Å². The zero-order chi connectivity index (χ0) is 17.6. The predicted octanol–water partition coefficient (Wildman–Crippen LogP) is 2.12. The van der Waals surface area contributed by atoms with Crippen LogP contribution in [0.15, 0.2) is 48.7 Å². The molecule has 0 saturated carbocycles. The van der Waals surface area contributed by atoms with Crippen molar-refractivity contribution >= 4 is 17.5 Å². The van der Waals surface area contributed by atoms with Gasteiger partial charge >= 0.3 is 0 Å². The number of amides is 1. The number of hydrogen-bond acceptors (Lipinski definition) is 5. The Morgan fingerprint density at radius 2 is 2.04 bits per heavy atom. The third-order valence-corrected chi connectivity index (χ3v) is 4.11. The molecule has 0 spiro atoms. The lowest BCUT2D eigenvalue weighted by molar-refractivity contribution is -0.133. The van der Waals surface area contributed by atoms with Gasteiger partial charge in [0.1, 0.15) is 11.9 Å². The molecule has 1 aromatic heterocycles. The van der Waals surface area contributed by atoms with Gasteiger partial charge in [0.2, 0.25) is 0 Å². The quantitative estimate of drug-likeness (QED) is 0.845. The van der Waals surface area contributed by atoms with Crippen molar-refractivity contribution in [3.05, 3.63) is 59.8 Å². The van der Waals surface area contributed by atoms with Gasteiger partial charge in [-0.3, -0.25) is 14.5 Å². The smallest absolute Gasteiger partial charge is 0.255 e. The van der Waals surface area contributed by atoms with E-state index >= 15 is 0 Å². The largest absolute Gasteiger partial charge is 0.366 e. The predicted molar refractivity (Wildman–Crippen MR) is 94.3 cm³/mol. The van der Waals surface area contributed by atoms with Gasteiger partial charge in [0, 0.05) is 31.4 Å². The highest BCUT2D eigenvalue weighted by molar-refractivity contribution is 5.95. The van der Waals surface area contributed by atoms with Gasteiger partial charge in [-0.05, 0) is 24.6 Å². The number of rotatable bonds is 5. The van der Waals surface area contributed by atoms with Crippen molar-refractivity contribution in [3.8, 4) is 0 Å². The van der Waals surface area contributed by atoms with E-state index in [0.29, 0.717) is 24.5 Å². The van der Waals surface area contributed by atoms with Crippen LogP contribution >= 0.6 is 0 Å². The maximum atomic E-state index is 12.4. The molecule has 2 heterocycles. The molecule has 1 atom stereocenters. The Hall–Kier alpha value is -2.57. The number of nitrogens with one attached hydrogen (secondary N) is 1. The molecule has 1 fully saturated rings. The number of carbonyl (C=O) groups excluding carboxylic acids is 2. The number of ether oxygens (including phenoxy) is 1. The number of benzene rings is 1. The Morgan fingerprint density at radius 1 is 1.24 bits per heavy atom. The molecular formula is C19H21N3O3. The summed E-state index contributed by atoms with van der Waals surface area (Å²) in [6, 6.07) is 13.4. The highest BCUT2D eigenvalue weighted by atomic mass is 16.5. The van der Waals surface area contributed by atoms with Crippen molar-refractivity contribution in [2.75, 3.05) is 25.0 Å². The molecule has 1 unspecified atom stereocenters. The van der Waals surface area contributed by atoms with Gasteiger partial charge in [-0.15, -0.1) is 0 Å². The fourth-order valence-corrected chi connectivity index (χ4v) is 2.73. The van der Waals surface area contributed by atoms with E-state index in [2.05, 4.69) is 27.3 Å². The molecule has 6 heteroatoms. The van der Waals surface area contributed by atoms with Crippen molar-refractivity contribution in [2.24, 2.45) is 0 Å². The van der Waals surface area contributed by atoms with Crippen LogP contribution in [0.2, 0.25) is 0 Å². The SMILES string of the molecule is CC(=O)c1ccc(NC(=O)C2CN(Cc3ccccc3)CCO2)nc1. The van der Waals surface area contributed by atoms with Crippen LogP contribution < -0.4 is 5.32 Å². The number of aromatic nitrogens is 1. The minimum atomic E-state index is -0.535. The highest BCUT2D eigenvalue weighted by Crippen LogP contribution is 2.13. The van der Waals surface area contributed by atoms with Crippen molar-refractivity contribution in [1.29, 1.82) is 0 Å². The van der Waals surface area contributed by atoms with E-state index in [9.17, 15) is 9.59 Å². The number of ketones is 1. The zero-order valence-electron chi connectivity index (χ0n) is 14.1. The molecule has 1 N–H and O–H groups in total. The number of nitrogens with zero attached hydrogens (tertiary/aromatic N) is 2. The lowest BCUT2D eigenvalue weighted by Crippen LogP contribution is -2.47. The van der Waals surface area contributed by atoms with Crippen LogP contribution in [0, 0.1) is 0 Å². The van der Waals surface area contributed by atoms with Crippen LogP contribution in [0.4, 0.5) is 5.82 Å². The summed E-state index contributed by atoms with van der Waals surface area (Å²) in [6.45, 7) is 4.12. The normalized spacial score (nSPS) is 17.9. The van der Waals surface area contributed by atoms with Gasteiger partial charge in [-0.2, -0.15) is 0 Å². The number of anilines is 1. The average Bonchev–Trinajstić information content (AvgIpc) is 2.63. The molecule has 2 aromatic rings. The first-order valence-electron chi connectivity index (χ1n) is 8.27. The topological polar surface area (TPSA) is 71.5 Å². The van der Waals surface area contributed by atoms with Crippen LogP contribution in [0.25, 0.3) is 0 Å². The Kier molecular flexibility index (Phi) is 5.53. The van der Waals surface area contributed by atoms with Gasteiger partial charge in [-0.25, -0.2) is 4.98 Å². The molecule has 1 amide bonds. The van der Waals surface area contributed by atoms with E-state index in [1.165, 1.54) is 18.7 Å². The van der Waals surface area contributed by atoms with Crippen LogP contribution in [-0.4, -0.2) is 47.4 Å². The summed E-state index contributed by atoms with van der Waals surface area (Å²) < 4.78 is 5.61. The maximum absolute atomic E-state index is 12.4. The summed E-state index contributed by atoms with van der Waals surface area (Å²) in [7, 11) is 0. The first-order chi connectivity index (χ1) is 12.1. The monoisotopic (exact) mass is 339 g/mol. The van der Waals surface area contributed by atoms with Gasteiger partial charge < -0.3 is 10.1 Å². The minimum absolute atomic E-state index is 0.0578. The Labute approximate surface area is 146 Å². The molecule has 130 valence electrons. The molecule has 1 aliphatic heterocycles.